The third-order valence-electron chi connectivity index (χ3n) is 4.44. The van der Waals surface area contributed by atoms with E-state index >= 15 is 0 Å². The number of alkyl halides is 3. The van der Waals surface area contributed by atoms with Gasteiger partial charge in [-0.3, -0.25) is 4.79 Å². The maximum absolute atomic E-state index is 14.1. The second-order valence-electron chi connectivity index (χ2n) is 6.17. The first-order valence-electron chi connectivity index (χ1n) is 8.13. The molecule has 2 N–H and O–H groups in total. The second-order valence-corrected chi connectivity index (χ2v) is 7.08. The average molecular weight is 446 g/mol. The number of hydrogen-bond donors (Lipinski definition) is 1. The molecule has 0 aliphatic carbocycles. The molecule has 1 saturated heterocycles. The molecule has 1 aliphatic rings. The normalized spacial score (nSPS) is 15.1. The summed E-state index contributed by atoms with van der Waals surface area (Å²) in [5.74, 6) is -1.58. The van der Waals surface area contributed by atoms with Crippen LogP contribution in [0.25, 0.3) is 0 Å². The van der Waals surface area contributed by atoms with E-state index in [1.807, 2.05) is 4.90 Å². The predicted molar refractivity (Wildman–Crippen MR) is 98.5 cm³/mol. The SMILES string of the molecule is NC(=O)c1c(F)cc(Br)cc1N1CCN(c2cccc(C(F)(F)F)c2)CC1. The van der Waals surface area contributed by atoms with Crippen LogP contribution in [-0.2, 0) is 6.18 Å². The molecule has 9 heteroatoms. The van der Waals surface area contributed by atoms with Crippen molar-refractivity contribution < 1.29 is 22.4 Å². The van der Waals surface area contributed by atoms with Crippen LogP contribution in [0, 0.1) is 5.82 Å². The van der Waals surface area contributed by atoms with Crippen molar-refractivity contribution in [3.63, 3.8) is 0 Å². The number of rotatable bonds is 3. The van der Waals surface area contributed by atoms with Gasteiger partial charge in [-0.1, -0.05) is 22.0 Å². The lowest BCUT2D eigenvalue weighted by atomic mass is 10.1. The highest BCUT2D eigenvalue weighted by Crippen LogP contribution is 2.33. The molecule has 0 radical (unpaired) electrons. The molecule has 4 nitrogen and oxygen atoms in total. The molecule has 0 bridgehead atoms. The van der Waals surface area contributed by atoms with E-state index in [0.29, 0.717) is 42.0 Å². The van der Waals surface area contributed by atoms with Crippen molar-refractivity contribution in [1.29, 1.82) is 0 Å². The number of halogens is 5. The van der Waals surface area contributed by atoms with Crippen LogP contribution < -0.4 is 15.5 Å². The van der Waals surface area contributed by atoms with Gasteiger partial charge in [0.25, 0.3) is 5.91 Å². The van der Waals surface area contributed by atoms with Crippen LogP contribution in [0.1, 0.15) is 15.9 Å². The first-order valence-corrected chi connectivity index (χ1v) is 8.92. The topological polar surface area (TPSA) is 49.6 Å². The highest BCUT2D eigenvalue weighted by atomic mass is 79.9. The number of primary amides is 1. The van der Waals surface area contributed by atoms with Crippen LogP contribution in [0.15, 0.2) is 40.9 Å². The number of carbonyl (C=O) groups excluding carboxylic acids is 1. The van der Waals surface area contributed by atoms with Gasteiger partial charge in [-0.15, -0.1) is 0 Å². The lowest BCUT2D eigenvalue weighted by molar-refractivity contribution is -0.137. The van der Waals surface area contributed by atoms with Crippen molar-refractivity contribution in [2.24, 2.45) is 5.73 Å². The third kappa shape index (κ3) is 4.18. The highest BCUT2D eigenvalue weighted by Gasteiger charge is 2.31. The summed E-state index contributed by atoms with van der Waals surface area (Å²) in [4.78, 5) is 15.3. The summed E-state index contributed by atoms with van der Waals surface area (Å²) in [7, 11) is 0. The van der Waals surface area contributed by atoms with Gasteiger partial charge in [0.2, 0.25) is 0 Å². The molecule has 0 unspecified atom stereocenters. The zero-order valence-electron chi connectivity index (χ0n) is 14.1. The number of hydrogen-bond acceptors (Lipinski definition) is 3. The van der Waals surface area contributed by atoms with E-state index < -0.39 is 23.5 Å². The number of piperazine rings is 1. The van der Waals surface area contributed by atoms with Crippen LogP contribution in [0.4, 0.5) is 28.9 Å². The van der Waals surface area contributed by atoms with Crippen molar-refractivity contribution in [2.45, 2.75) is 6.18 Å². The minimum atomic E-state index is -4.40. The van der Waals surface area contributed by atoms with Gasteiger partial charge < -0.3 is 15.5 Å². The molecular formula is C18H16BrF4N3O. The zero-order chi connectivity index (χ0) is 19.8. The van der Waals surface area contributed by atoms with Gasteiger partial charge >= 0.3 is 6.18 Å². The van der Waals surface area contributed by atoms with E-state index in [1.54, 1.807) is 17.0 Å². The summed E-state index contributed by atoms with van der Waals surface area (Å²) >= 11 is 3.20. The maximum Gasteiger partial charge on any atom is 0.416 e. The first-order chi connectivity index (χ1) is 12.7. The number of carbonyl (C=O) groups is 1. The lowest BCUT2D eigenvalue weighted by Gasteiger charge is -2.38. The Morgan fingerprint density at radius 1 is 1.04 bits per heavy atom. The Kier molecular flexibility index (Phi) is 5.32. The Morgan fingerprint density at radius 2 is 1.67 bits per heavy atom. The van der Waals surface area contributed by atoms with E-state index in [0.717, 1.165) is 12.1 Å². The molecule has 2 aromatic carbocycles. The van der Waals surface area contributed by atoms with Gasteiger partial charge in [0.15, 0.2) is 0 Å². The highest BCUT2D eigenvalue weighted by molar-refractivity contribution is 9.10. The van der Waals surface area contributed by atoms with E-state index in [4.69, 9.17) is 5.73 Å². The average Bonchev–Trinajstić information content (AvgIpc) is 2.60. The molecule has 144 valence electrons. The molecule has 0 spiro atoms. The summed E-state index contributed by atoms with van der Waals surface area (Å²) in [6, 6.07) is 7.93. The van der Waals surface area contributed by atoms with Gasteiger partial charge in [0, 0.05) is 36.3 Å². The largest absolute Gasteiger partial charge is 0.416 e. The number of nitrogens with zero attached hydrogens (tertiary/aromatic N) is 2. The quantitative estimate of drug-likeness (QED) is 0.725. The van der Waals surface area contributed by atoms with Crippen molar-refractivity contribution in [2.75, 3.05) is 36.0 Å². The smallest absolute Gasteiger partial charge is 0.368 e. The molecular weight excluding hydrogens is 430 g/mol. The van der Waals surface area contributed by atoms with Gasteiger partial charge in [0.1, 0.15) is 5.82 Å². The number of anilines is 2. The summed E-state index contributed by atoms with van der Waals surface area (Å²) in [6.07, 6.45) is -4.40. The van der Waals surface area contributed by atoms with Gasteiger partial charge in [-0.2, -0.15) is 13.2 Å². The van der Waals surface area contributed by atoms with Crippen molar-refractivity contribution in [3.05, 3.63) is 57.8 Å². The molecule has 27 heavy (non-hydrogen) atoms. The first kappa shape index (κ1) is 19.5. The Labute approximate surface area is 161 Å². The number of benzene rings is 2. The van der Waals surface area contributed by atoms with Gasteiger partial charge in [0.05, 0.1) is 16.8 Å². The fourth-order valence-corrected chi connectivity index (χ4v) is 3.56. The molecule has 3 rings (SSSR count). The van der Waals surface area contributed by atoms with Crippen molar-refractivity contribution >= 4 is 33.2 Å². The number of nitrogens with two attached hydrogens (primary N) is 1. The summed E-state index contributed by atoms with van der Waals surface area (Å²) < 4.78 is 53.3. The molecule has 2 aromatic rings. The van der Waals surface area contributed by atoms with Crippen LogP contribution in [0.3, 0.4) is 0 Å². The molecule has 1 fully saturated rings. The van der Waals surface area contributed by atoms with Gasteiger partial charge in [-0.25, -0.2) is 4.39 Å². The van der Waals surface area contributed by atoms with Gasteiger partial charge in [-0.05, 0) is 30.3 Å². The minimum Gasteiger partial charge on any atom is -0.368 e. The third-order valence-corrected chi connectivity index (χ3v) is 4.90. The Morgan fingerprint density at radius 3 is 2.26 bits per heavy atom. The standard InChI is InChI=1S/C18H16BrF4N3O/c19-12-9-14(20)16(17(24)27)15(10-12)26-6-4-25(5-7-26)13-3-1-2-11(8-13)18(21,22)23/h1-3,8-10H,4-7H2,(H2,24,27). The molecule has 0 atom stereocenters. The molecule has 1 heterocycles. The summed E-state index contributed by atoms with van der Waals surface area (Å²) in [5.41, 5.74) is 5.26. The molecule has 1 amide bonds. The maximum atomic E-state index is 14.1. The second kappa shape index (κ2) is 7.38. The van der Waals surface area contributed by atoms with E-state index in [-0.39, 0.29) is 5.56 Å². The summed E-state index contributed by atoms with van der Waals surface area (Å²) in [6.45, 7) is 1.67. The minimum absolute atomic E-state index is 0.189. The van der Waals surface area contributed by atoms with Crippen LogP contribution in [0.2, 0.25) is 0 Å². The fourth-order valence-electron chi connectivity index (χ4n) is 3.14. The molecule has 1 aliphatic heterocycles. The molecule has 0 saturated carbocycles. The van der Waals surface area contributed by atoms with Crippen molar-refractivity contribution in [3.8, 4) is 0 Å². The monoisotopic (exact) mass is 445 g/mol. The van der Waals surface area contributed by atoms with E-state index in [9.17, 15) is 22.4 Å². The Balaban J connectivity index is 1.80. The zero-order valence-corrected chi connectivity index (χ0v) is 15.6. The van der Waals surface area contributed by atoms with E-state index in [2.05, 4.69) is 15.9 Å². The number of amides is 1. The molecule has 0 aromatic heterocycles. The Bertz CT molecular complexity index is 864. The Hall–Kier alpha value is -2.29. The van der Waals surface area contributed by atoms with Crippen LogP contribution in [-0.4, -0.2) is 32.1 Å². The van der Waals surface area contributed by atoms with E-state index in [1.165, 1.54) is 12.1 Å². The fraction of sp³-hybridized carbons (Fsp3) is 0.278. The predicted octanol–water partition coefficient (Wildman–Crippen LogP) is 4.03. The lowest BCUT2D eigenvalue weighted by Crippen LogP contribution is -2.47. The van der Waals surface area contributed by atoms with Crippen LogP contribution in [0.5, 0.6) is 0 Å². The summed E-state index contributed by atoms with van der Waals surface area (Å²) in [5, 5.41) is 0. The van der Waals surface area contributed by atoms with Crippen LogP contribution >= 0.6 is 15.9 Å². The van der Waals surface area contributed by atoms with Crippen molar-refractivity contribution in [1.82, 2.24) is 0 Å².